The number of alkyl halides is 12. The minimum absolute atomic E-state index is 0.0234. The van der Waals surface area contributed by atoms with E-state index in [-0.39, 0.29) is 79.6 Å². The Morgan fingerprint density at radius 1 is 0.511 bits per heavy atom. The lowest BCUT2D eigenvalue weighted by atomic mass is 10.0. The first-order valence-corrected chi connectivity index (χ1v) is 12.6. The van der Waals surface area contributed by atoms with E-state index in [1.54, 1.807) is 4.90 Å². The number of aromatic nitrogens is 1. The molecule has 0 radical (unpaired) electrons. The Hall–Kier alpha value is -4.51. The molecule has 45 heavy (non-hydrogen) atoms. The van der Waals surface area contributed by atoms with Crippen LogP contribution in [0.4, 0.5) is 69.7 Å². The number of pyridine rings is 1. The summed E-state index contributed by atoms with van der Waals surface area (Å²) in [5.74, 6) is -2.56. The van der Waals surface area contributed by atoms with Gasteiger partial charge in [0.05, 0.1) is 51.7 Å². The van der Waals surface area contributed by atoms with Gasteiger partial charge in [0, 0.05) is 37.3 Å². The van der Waals surface area contributed by atoms with Gasteiger partial charge in [0.15, 0.2) is 0 Å². The lowest BCUT2D eigenvalue weighted by Gasteiger charge is -2.44. The van der Waals surface area contributed by atoms with Gasteiger partial charge in [-0.2, -0.15) is 52.7 Å². The molecular weight excluding hydrogens is 640 g/mol. The molecular formula is C27H16F12N4O2. The van der Waals surface area contributed by atoms with Crippen LogP contribution in [0.3, 0.4) is 0 Å². The van der Waals surface area contributed by atoms with Gasteiger partial charge in [-0.3, -0.25) is 14.6 Å². The molecule has 1 aromatic heterocycles. The molecule has 2 aliphatic rings. The first-order valence-electron chi connectivity index (χ1n) is 12.6. The Morgan fingerprint density at radius 3 is 1.11 bits per heavy atom. The predicted octanol–water partition coefficient (Wildman–Crippen LogP) is 7.28. The molecule has 0 N–H and O–H groups in total. The van der Waals surface area contributed by atoms with Crippen molar-refractivity contribution in [3.8, 4) is 0 Å². The van der Waals surface area contributed by atoms with E-state index in [0.29, 0.717) is 0 Å². The van der Waals surface area contributed by atoms with Crippen LogP contribution in [-0.2, 0) is 24.7 Å². The number of rotatable bonds is 2. The van der Waals surface area contributed by atoms with Crippen LogP contribution >= 0.6 is 0 Å². The maximum Gasteiger partial charge on any atom is 0.416 e. The minimum Gasteiger partial charge on any atom is -0.364 e. The molecule has 0 atom stereocenters. The van der Waals surface area contributed by atoms with Crippen LogP contribution in [0.15, 0.2) is 48.8 Å². The van der Waals surface area contributed by atoms with E-state index < -0.39 is 69.9 Å². The Labute approximate surface area is 244 Å². The smallest absolute Gasteiger partial charge is 0.364 e. The molecule has 5 rings (SSSR count). The highest BCUT2D eigenvalue weighted by molar-refractivity contribution is 6.13. The van der Waals surface area contributed by atoms with Crippen LogP contribution < -0.4 is 14.7 Å². The normalized spacial score (nSPS) is 15.7. The lowest BCUT2D eigenvalue weighted by molar-refractivity contribution is -0.144. The average molecular weight is 656 g/mol. The molecule has 0 spiro atoms. The molecule has 240 valence electrons. The van der Waals surface area contributed by atoms with Gasteiger partial charge >= 0.3 is 24.7 Å². The second kappa shape index (κ2) is 10.5. The van der Waals surface area contributed by atoms with Crippen LogP contribution in [0.2, 0.25) is 0 Å². The molecule has 3 aromatic rings. The minimum atomic E-state index is -5.24. The summed E-state index contributed by atoms with van der Waals surface area (Å²) in [4.78, 5) is 33.9. The number of nitrogens with zero attached hydrogens (tertiary/aromatic N) is 4. The van der Waals surface area contributed by atoms with Gasteiger partial charge in [-0.25, -0.2) is 0 Å². The Morgan fingerprint density at radius 2 is 0.822 bits per heavy atom. The molecule has 0 aliphatic carbocycles. The van der Waals surface area contributed by atoms with Crippen molar-refractivity contribution < 1.29 is 62.3 Å². The van der Waals surface area contributed by atoms with Crippen LogP contribution in [0.5, 0.6) is 0 Å². The molecule has 2 aromatic carbocycles. The zero-order chi connectivity index (χ0) is 33.3. The molecule has 18 heteroatoms. The third-order valence-electron chi connectivity index (χ3n) is 7.12. The zero-order valence-electron chi connectivity index (χ0n) is 22.1. The number of carbonyl (C=O) groups excluding carboxylic acids is 2. The fourth-order valence-corrected chi connectivity index (χ4v) is 5.06. The van der Waals surface area contributed by atoms with Crippen molar-refractivity contribution in [3.05, 3.63) is 82.2 Å². The summed E-state index contributed by atoms with van der Waals surface area (Å²) >= 11 is 0. The van der Waals surface area contributed by atoms with Crippen LogP contribution in [-0.4, -0.2) is 43.0 Å². The third kappa shape index (κ3) is 6.09. The zero-order valence-corrected chi connectivity index (χ0v) is 22.1. The predicted molar refractivity (Wildman–Crippen MR) is 133 cm³/mol. The van der Waals surface area contributed by atoms with Crippen molar-refractivity contribution in [2.45, 2.75) is 24.7 Å². The van der Waals surface area contributed by atoms with Crippen molar-refractivity contribution in [1.82, 2.24) is 4.98 Å². The summed E-state index contributed by atoms with van der Waals surface area (Å²) in [6.07, 6.45) is -18.9. The third-order valence-corrected chi connectivity index (χ3v) is 7.12. The monoisotopic (exact) mass is 656 g/mol. The van der Waals surface area contributed by atoms with Gasteiger partial charge in [-0.15, -0.1) is 0 Å². The molecule has 6 nitrogen and oxygen atoms in total. The largest absolute Gasteiger partial charge is 0.416 e. The SMILES string of the molecule is O=C(c1cc(C(F)(F)F)cc(C(F)(F)F)c1)N1CCN2CCN(C(=O)c3cc(C(F)(F)F)cc(C(F)(F)F)c3)c3cncc1c32. The van der Waals surface area contributed by atoms with Crippen molar-refractivity contribution in [1.29, 1.82) is 0 Å². The number of amides is 2. The Bertz CT molecular complexity index is 1500. The van der Waals surface area contributed by atoms with Crippen molar-refractivity contribution in [2.24, 2.45) is 0 Å². The number of benzene rings is 2. The summed E-state index contributed by atoms with van der Waals surface area (Å²) < 4.78 is 161. The number of halogens is 12. The van der Waals surface area contributed by atoms with Crippen molar-refractivity contribution >= 4 is 28.9 Å². The highest BCUT2D eigenvalue weighted by Gasteiger charge is 2.42. The van der Waals surface area contributed by atoms with Crippen molar-refractivity contribution in [2.75, 3.05) is 40.9 Å². The maximum absolute atomic E-state index is 13.4. The van der Waals surface area contributed by atoms with Gasteiger partial charge in [0.1, 0.15) is 0 Å². The molecule has 0 saturated carbocycles. The maximum atomic E-state index is 13.4. The van der Waals surface area contributed by atoms with E-state index in [4.69, 9.17) is 0 Å². The fourth-order valence-electron chi connectivity index (χ4n) is 5.06. The summed E-state index contributed by atoms with van der Waals surface area (Å²) in [7, 11) is 0. The molecule has 0 unspecified atom stereocenters. The van der Waals surface area contributed by atoms with E-state index >= 15 is 0 Å². The van der Waals surface area contributed by atoms with Crippen LogP contribution in [0.1, 0.15) is 43.0 Å². The average Bonchev–Trinajstić information content (AvgIpc) is 2.94. The standard InChI is InChI=1S/C27H16F12N4O2/c28-24(29,30)15-5-13(6-16(9-15)25(31,32)33)22(44)42-3-1-41-2-4-43(20-12-40-11-19(42)21(20)41)23(45)14-7-17(26(34,35)36)10-18(8-14)27(37,38)39/h5-12H,1-4H2. The fraction of sp³-hybridized carbons (Fsp3) is 0.296. The summed E-state index contributed by atoms with van der Waals surface area (Å²) in [6, 6.07) is 0.677. The van der Waals surface area contributed by atoms with Crippen LogP contribution in [0.25, 0.3) is 0 Å². The first kappa shape index (κ1) is 31.9. The van der Waals surface area contributed by atoms with Crippen LogP contribution in [0, 0.1) is 0 Å². The van der Waals surface area contributed by atoms with E-state index in [9.17, 15) is 62.3 Å². The number of hydrogen-bond acceptors (Lipinski definition) is 4. The number of anilines is 3. The van der Waals surface area contributed by atoms with E-state index in [1.807, 2.05) is 0 Å². The van der Waals surface area contributed by atoms with Crippen molar-refractivity contribution in [3.63, 3.8) is 0 Å². The second-order valence-electron chi connectivity index (χ2n) is 10.0. The van der Waals surface area contributed by atoms with Gasteiger partial charge in [-0.05, 0) is 36.4 Å². The van der Waals surface area contributed by atoms with Gasteiger partial charge in [-0.1, -0.05) is 0 Å². The van der Waals surface area contributed by atoms with E-state index in [2.05, 4.69) is 4.98 Å². The molecule has 0 bridgehead atoms. The summed E-state index contributed by atoms with van der Waals surface area (Å²) in [6.45, 7) is -0.564. The molecule has 2 aliphatic heterocycles. The highest BCUT2D eigenvalue weighted by Crippen LogP contribution is 2.45. The number of hydrogen-bond donors (Lipinski definition) is 0. The number of carbonyl (C=O) groups is 2. The van der Waals surface area contributed by atoms with E-state index in [0.717, 1.165) is 22.2 Å². The highest BCUT2D eigenvalue weighted by atomic mass is 19.4. The molecule has 0 fully saturated rings. The quantitative estimate of drug-likeness (QED) is 0.272. The second-order valence-corrected chi connectivity index (χ2v) is 10.0. The summed E-state index contributed by atoms with van der Waals surface area (Å²) in [5, 5.41) is 0. The molecule has 2 amide bonds. The van der Waals surface area contributed by atoms with Gasteiger partial charge in [0.25, 0.3) is 11.8 Å². The molecule has 0 saturated heterocycles. The van der Waals surface area contributed by atoms with Gasteiger partial charge in [0.2, 0.25) is 0 Å². The topological polar surface area (TPSA) is 56.8 Å². The van der Waals surface area contributed by atoms with Gasteiger partial charge < -0.3 is 14.7 Å². The Kier molecular flexibility index (Phi) is 7.47. The summed E-state index contributed by atoms with van der Waals surface area (Å²) in [5.41, 5.74) is -9.15. The van der Waals surface area contributed by atoms with E-state index in [1.165, 1.54) is 0 Å². The molecule has 3 heterocycles. The Balaban J connectivity index is 1.57. The first-order chi connectivity index (χ1) is 20.7. The lowest BCUT2D eigenvalue weighted by Crippen LogP contribution is -2.51.